The van der Waals surface area contributed by atoms with E-state index in [1.165, 1.54) is 94.1 Å². The fourth-order valence-corrected chi connectivity index (χ4v) is 5.42. The molecule has 0 saturated heterocycles. The van der Waals surface area contributed by atoms with Crippen molar-refractivity contribution in [3.63, 3.8) is 0 Å². The SMILES string of the molecule is CCCCCCCCCCCCC1C2C=CC(C2)C1CN1C(=O)C=CC1=O. The average Bonchev–Trinajstić information content (AvgIpc) is 3.35. The van der Waals surface area contributed by atoms with Crippen molar-refractivity contribution in [1.82, 2.24) is 4.90 Å². The summed E-state index contributed by atoms with van der Waals surface area (Å²) in [4.78, 5) is 25.3. The van der Waals surface area contributed by atoms with Crippen LogP contribution in [0.15, 0.2) is 24.3 Å². The smallest absolute Gasteiger partial charge is 0.253 e. The number of rotatable bonds is 13. The number of allylic oxidation sites excluding steroid dienone is 2. The molecule has 1 fully saturated rings. The molecule has 0 radical (unpaired) electrons. The highest BCUT2D eigenvalue weighted by Crippen LogP contribution is 2.50. The molecule has 4 atom stereocenters. The fourth-order valence-electron chi connectivity index (χ4n) is 5.42. The van der Waals surface area contributed by atoms with Crippen molar-refractivity contribution in [2.75, 3.05) is 6.54 Å². The summed E-state index contributed by atoms with van der Waals surface area (Å²) in [7, 11) is 0. The Morgan fingerprint density at radius 1 is 0.778 bits per heavy atom. The molecule has 0 aromatic rings. The lowest BCUT2D eigenvalue weighted by atomic mass is 9.79. The van der Waals surface area contributed by atoms with Crippen LogP contribution in [0.2, 0.25) is 0 Å². The first kappa shape index (κ1) is 20.4. The molecule has 27 heavy (non-hydrogen) atoms. The fraction of sp³-hybridized carbons (Fsp3) is 0.750. The van der Waals surface area contributed by atoms with Gasteiger partial charge in [-0.05, 0) is 36.5 Å². The van der Waals surface area contributed by atoms with E-state index in [9.17, 15) is 9.59 Å². The van der Waals surface area contributed by atoms with Crippen LogP contribution in [0.5, 0.6) is 0 Å². The second-order valence-electron chi connectivity index (χ2n) is 8.87. The minimum absolute atomic E-state index is 0.121. The van der Waals surface area contributed by atoms with Crippen molar-refractivity contribution < 1.29 is 9.59 Å². The van der Waals surface area contributed by atoms with Crippen molar-refractivity contribution in [3.8, 4) is 0 Å². The Kier molecular flexibility index (Phi) is 7.72. The lowest BCUT2D eigenvalue weighted by Gasteiger charge is -2.31. The monoisotopic (exact) mass is 371 g/mol. The van der Waals surface area contributed by atoms with Crippen LogP contribution in [0.1, 0.15) is 84.0 Å². The number of hydrogen-bond acceptors (Lipinski definition) is 2. The summed E-state index contributed by atoms with van der Waals surface area (Å²) in [5, 5.41) is 0. The summed E-state index contributed by atoms with van der Waals surface area (Å²) in [5.74, 6) is 2.15. The number of hydrogen-bond donors (Lipinski definition) is 0. The second kappa shape index (κ2) is 10.2. The molecule has 1 aliphatic heterocycles. The molecule has 150 valence electrons. The summed E-state index contributed by atoms with van der Waals surface area (Å²) in [5.41, 5.74) is 0. The zero-order valence-electron chi connectivity index (χ0n) is 17.1. The van der Waals surface area contributed by atoms with Crippen LogP contribution in [0, 0.1) is 23.7 Å². The van der Waals surface area contributed by atoms with Crippen molar-refractivity contribution in [2.45, 2.75) is 84.0 Å². The Bertz CT molecular complexity index is 547. The Morgan fingerprint density at radius 2 is 1.30 bits per heavy atom. The third kappa shape index (κ3) is 5.33. The molecular formula is C24H37NO2. The van der Waals surface area contributed by atoms with Gasteiger partial charge < -0.3 is 0 Å². The molecule has 0 spiro atoms. The van der Waals surface area contributed by atoms with E-state index in [-0.39, 0.29) is 11.8 Å². The molecule has 1 heterocycles. The zero-order chi connectivity index (χ0) is 19.1. The molecule has 0 N–H and O–H groups in total. The van der Waals surface area contributed by atoms with Gasteiger partial charge >= 0.3 is 0 Å². The second-order valence-corrected chi connectivity index (χ2v) is 8.87. The van der Waals surface area contributed by atoms with Crippen LogP contribution in [-0.4, -0.2) is 23.3 Å². The molecule has 4 unspecified atom stereocenters. The van der Waals surface area contributed by atoms with Gasteiger partial charge in [0.15, 0.2) is 0 Å². The summed E-state index contributed by atoms with van der Waals surface area (Å²) in [6.45, 7) is 2.90. The minimum Gasteiger partial charge on any atom is -0.275 e. The molecule has 3 nitrogen and oxygen atoms in total. The first-order valence-corrected chi connectivity index (χ1v) is 11.4. The van der Waals surface area contributed by atoms with Gasteiger partial charge in [-0.1, -0.05) is 83.3 Å². The molecular weight excluding hydrogens is 334 g/mol. The number of amides is 2. The lowest BCUT2D eigenvalue weighted by molar-refractivity contribution is -0.137. The molecule has 0 aromatic heterocycles. The van der Waals surface area contributed by atoms with Gasteiger partial charge in [0.05, 0.1) is 0 Å². The highest BCUT2D eigenvalue weighted by Gasteiger charge is 2.45. The van der Waals surface area contributed by atoms with Gasteiger partial charge in [-0.3, -0.25) is 14.5 Å². The van der Waals surface area contributed by atoms with Gasteiger partial charge in [-0.2, -0.15) is 0 Å². The predicted octanol–water partition coefficient (Wildman–Crippen LogP) is 5.66. The summed E-state index contributed by atoms with van der Waals surface area (Å²) >= 11 is 0. The molecule has 3 aliphatic rings. The van der Waals surface area contributed by atoms with E-state index in [0.717, 1.165) is 0 Å². The van der Waals surface area contributed by atoms with Crippen molar-refractivity contribution in [3.05, 3.63) is 24.3 Å². The molecule has 1 saturated carbocycles. The van der Waals surface area contributed by atoms with Gasteiger partial charge in [0, 0.05) is 18.7 Å². The first-order valence-electron chi connectivity index (χ1n) is 11.4. The van der Waals surface area contributed by atoms with Crippen LogP contribution in [-0.2, 0) is 9.59 Å². The Hall–Kier alpha value is -1.38. The maximum absolute atomic E-state index is 11.9. The van der Waals surface area contributed by atoms with Crippen molar-refractivity contribution >= 4 is 11.8 Å². The molecule has 2 bridgehead atoms. The van der Waals surface area contributed by atoms with Gasteiger partial charge in [0.25, 0.3) is 11.8 Å². The lowest BCUT2D eigenvalue weighted by Crippen LogP contribution is -2.38. The third-order valence-electron chi connectivity index (χ3n) is 6.98. The maximum atomic E-state index is 11.9. The predicted molar refractivity (Wildman–Crippen MR) is 110 cm³/mol. The van der Waals surface area contributed by atoms with E-state index in [2.05, 4.69) is 19.1 Å². The topological polar surface area (TPSA) is 37.4 Å². The van der Waals surface area contributed by atoms with E-state index in [0.29, 0.717) is 30.2 Å². The van der Waals surface area contributed by atoms with Gasteiger partial charge in [0.2, 0.25) is 0 Å². The highest BCUT2D eigenvalue weighted by molar-refractivity contribution is 6.12. The Labute approximate surface area is 165 Å². The molecule has 3 rings (SSSR count). The minimum atomic E-state index is -0.121. The number of fused-ring (bicyclic) bond motifs is 2. The van der Waals surface area contributed by atoms with Crippen LogP contribution in [0.3, 0.4) is 0 Å². The van der Waals surface area contributed by atoms with Crippen molar-refractivity contribution in [1.29, 1.82) is 0 Å². The normalized spacial score (nSPS) is 28.9. The van der Waals surface area contributed by atoms with Crippen LogP contribution in [0.4, 0.5) is 0 Å². The molecule has 0 aromatic carbocycles. The molecule has 2 aliphatic carbocycles. The number of carbonyl (C=O) groups excluding carboxylic acids is 2. The average molecular weight is 372 g/mol. The molecule has 2 amide bonds. The Morgan fingerprint density at radius 3 is 1.89 bits per heavy atom. The standard InChI is InChI=1S/C24H37NO2/c1-2-3-4-5-6-7-8-9-10-11-12-21-19-13-14-20(17-19)22(21)18-25-23(26)15-16-24(25)27/h13-16,19-22H,2-12,17-18H2,1H3. The summed E-state index contributed by atoms with van der Waals surface area (Å²) in [6.07, 6.45) is 23.8. The van der Waals surface area contributed by atoms with Gasteiger partial charge in [0.1, 0.15) is 0 Å². The van der Waals surface area contributed by atoms with Gasteiger partial charge in [-0.15, -0.1) is 0 Å². The van der Waals surface area contributed by atoms with E-state index < -0.39 is 0 Å². The number of unbranched alkanes of at least 4 members (excludes halogenated alkanes) is 9. The summed E-state index contributed by atoms with van der Waals surface area (Å²) in [6, 6.07) is 0. The van der Waals surface area contributed by atoms with E-state index in [1.54, 1.807) is 0 Å². The largest absolute Gasteiger partial charge is 0.275 e. The van der Waals surface area contributed by atoms with Gasteiger partial charge in [-0.25, -0.2) is 0 Å². The molecule has 3 heteroatoms. The Balaban J connectivity index is 1.33. The van der Waals surface area contributed by atoms with E-state index in [1.807, 2.05) is 0 Å². The van der Waals surface area contributed by atoms with Crippen LogP contribution in [0.25, 0.3) is 0 Å². The van der Waals surface area contributed by atoms with Crippen LogP contribution >= 0.6 is 0 Å². The maximum Gasteiger partial charge on any atom is 0.253 e. The van der Waals surface area contributed by atoms with E-state index in [4.69, 9.17) is 0 Å². The number of imide groups is 1. The van der Waals surface area contributed by atoms with Crippen molar-refractivity contribution in [2.24, 2.45) is 23.7 Å². The first-order chi connectivity index (χ1) is 13.2. The van der Waals surface area contributed by atoms with E-state index >= 15 is 0 Å². The van der Waals surface area contributed by atoms with Crippen LogP contribution < -0.4 is 0 Å². The highest BCUT2D eigenvalue weighted by atomic mass is 16.2. The number of carbonyl (C=O) groups is 2. The third-order valence-corrected chi connectivity index (χ3v) is 6.98. The summed E-state index contributed by atoms with van der Waals surface area (Å²) < 4.78 is 0. The quantitative estimate of drug-likeness (QED) is 0.238. The number of nitrogens with zero attached hydrogens (tertiary/aromatic N) is 1. The zero-order valence-corrected chi connectivity index (χ0v) is 17.1.